The number of aromatic nitrogens is 2. The van der Waals surface area contributed by atoms with E-state index in [1.807, 2.05) is 58.1 Å². The number of carbonyl (C=O) groups excluding carboxylic acids is 1. The van der Waals surface area contributed by atoms with Crippen LogP contribution in [0.4, 0.5) is 0 Å². The molecule has 128 valence electrons. The Morgan fingerprint density at radius 3 is 2.84 bits per heavy atom. The third kappa shape index (κ3) is 2.89. The van der Waals surface area contributed by atoms with Crippen molar-refractivity contribution in [2.75, 3.05) is 13.7 Å². The predicted octanol–water partition coefficient (Wildman–Crippen LogP) is 4.28. The van der Waals surface area contributed by atoms with E-state index in [1.165, 1.54) is 11.3 Å². The van der Waals surface area contributed by atoms with Crippen molar-refractivity contribution >= 4 is 43.9 Å². The Hall–Kier alpha value is -2.38. The molecule has 0 radical (unpaired) electrons. The van der Waals surface area contributed by atoms with E-state index in [0.29, 0.717) is 13.1 Å². The largest absolute Gasteiger partial charge is 0.497 e. The van der Waals surface area contributed by atoms with Crippen LogP contribution in [-0.2, 0) is 6.54 Å². The number of nitrogens with zero attached hydrogens (tertiary/aromatic N) is 3. The van der Waals surface area contributed by atoms with E-state index in [4.69, 9.17) is 4.74 Å². The molecule has 0 fully saturated rings. The summed E-state index contributed by atoms with van der Waals surface area (Å²) in [4.78, 5) is 22.0. The molecule has 0 spiro atoms. The van der Waals surface area contributed by atoms with E-state index in [2.05, 4.69) is 4.98 Å². The second kappa shape index (κ2) is 6.50. The van der Waals surface area contributed by atoms with E-state index in [-0.39, 0.29) is 5.91 Å². The number of hydrogen-bond acceptors (Lipinski definition) is 5. The van der Waals surface area contributed by atoms with Crippen LogP contribution in [0.3, 0.4) is 0 Å². The Bertz CT molecular complexity index is 1030. The molecule has 0 N–H and O–H groups in total. The quantitative estimate of drug-likeness (QED) is 0.526. The van der Waals surface area contributed by atoms with E-state index >= 15 is 0 Å². The van der Waals surface area contributed by atoms with Crippen molar-refractivity contribution in [3.63, 3.8) is 0 Å². The molecular weight excluding hydrogens is 354 g/mol. The predicted molar refractivity (Wildman–Crippen MR) is 102 cm³/mol. The van der Waals surface area contributed by atoms with Crippen LogP contribution in [-0.4, -0.2) is 33.8 Å². The smallest absolute Gasteiger partial charge is 0.264 e. The van der Waals surface area contributed by atoms with Gasteiger partial charge in [0.15, 0.2) is 4.96 Å². The van der Waals surface area contributed by atoms with Crippen LogP contribution >= 0.6 is 22.7 Å². The summed E-state index contributed by atoms with van der Waals surface area (Å²) in [5, 5.41) is 2.00. The van der Waals surface area contributed by atoms with E-state index in [9.17, 15) is 4.79 Å². The van der Waals surface area contributed by atoms with Crippen molar-refractivity contribution in [1.29, 1.82) is 0 Å². The number of imidazole rings is 1. The Balaban J connectivity index is 1.59. The summed E-state index contributed by atoms with van der Waals surface area (Å²) in [5.41, 5.74) is 2.09. The van der Waals surface area contributed by atoms with Gasteiger partial charge in [-0.25, -0.2) is 4.98 Å². The van der Waals surface area contributed by atoms with Crippen molar-refractivity contribution in [3.05, 3.63) is 52.3 Å². The van der Waals surface area contributed by atoms with Crippen molar-refractivity contribution in [3.8, 4) is 5.75 Å². The molecule has 1 aromatic carbocycles. The first-order valence-corrected chi connectivity index (χ1v) is 9.66. The second-order valence-electron chi connectivity index (χ2n) is 5.64. The third-order valence-electron chi connectivity index (χ3n) is 4.15. The van der Waals surface area contributed by atoms with E-state index < -0.39 is 0 Å². The first-order chi connectivity index (χ1) is 12.2. The zero-order valence-electron chi connectivity index (χ0n) is 13.9. The molecule has 0 unspecified atom stereocenters. The van der Waals surface area contributed by atoms with Crippen LogP contribution in [0.5, 0.6) is 5.75 Å². The summed E-state index contributed by atoms with van der Waals surface area (Å²) in [6.07, 6.45) is 1.99. The highest BCUT2D eigenvalue weighted by molar-refractivity contribution is 7.21. The molecule has 0 aliphatic carbocycles. The van der Waals surface area contributed by atoms with E-state index in [0.717, 1.165) is 31.5 Å². The van der Waals surface area contributed by atoms with Crippen molar-refractivity contribution < 1.29 is 9.53 Å². The van der Waals surface area contributed by atoms with Crippen molar-refractivity contribution in [1.82, 2.24) is 14.3 Å². The van der Waals surface area contributed by atoms with Gasteiger partial charge < -0.3 is 9.64 Å². The number of thiophene rings is 1. The summed E-state index contributed by atoms with van der Waals surface area (Å²) >= 11 is 3.06. The topological polar surface area (TPSA) is 46.8 Å². The Morgan fingerprint density at radius 2 is 2.12 bits per heavy atom. The van der Waals surface area contributed by atoms with Gasteiger partial charge in [-0.15, -0.1) is 22.7 Å². The second-order valence-corrected chi connectivity index (χ2v) is 7.54. The lowest BCUT2D eigenvalue weighted by Gasteiger charge is -2.20. The van der Waals surface area contributed by atoms with Gasteiger partial charge >= 0.3 is 0 Å². The zero-order chi connectivity index (χ0) is 17.4. The highest BCUT2D eigenvalue weighted by Crippen LogP contribution is 2.29. The van der Waals surface area contributed by atoms with Crippen LogP contribution in [0.15, 0.2) is 41.9 Å². The van der Waals surface area contributed by atoms with Crippen LogP contribution in [0.1, 0.15) is 22.2 Å². The molecule has 0 aliphatic heterocycles. The molecule has 0 saturated heterocycles. The van der Waals surface area contributed by atoms with Gasteiger partial charge in [-0.05, 0) is 30.7 Å². The first kappa shape index (κ1) is 16.1. The number of thiazole rings is 1. The van der Waals surface area contributed by atoms with Gasteiger partial charge in [0.05, 0.1) is 17.5 Å². The monoisotopic (exact) mass is 371 g/mol. The summed E-state index contributed by atoms with van der Waals surface area (Å²) in [5.74, 6) is 0.864. The van der Waals surface area contributed by atoms with E-state index in [1.54, 1.807) is 18.4 Å². The van der Waals surface area contributed by atoms with Gasteiger partial charge in [-0.1, -0.05) is 12.1 Å². The van der Waals surface area contributed by atoms with Crippen molar-refractivity contribution in [2.24, 2.45) is 0 Å². The van der Waals surface area contributed by atoms with Gasteiger partial charge in [0.2, 0.25) is 0 Å². The number of ether oxygens (including phenoxy) is 1. The number of carbonyl (C=O) groups is 1. The summed E-state index contributed by atoms with van der Waals surface area (Å²) in [7, 11) is 1.65. The van der Waals surface area contributed by atoms with Gasteiger partial charge in [0.25, 0.3) is 5.91 Å². The third-order valence-corrected chi connectivity index (χ3v) is 5.91. The minimum Gasteiger partial charge on any atom is -0.497 e. The molecule has 4 aromatic rings. The number of methoxy groups -OCH3 is 1. The van der Waals surface area contributed by atoms with Crippen molar-refractivity contribution in [2.45, 2.75) is 13.5 Å². The molecule has 5 nitrogen and oxygen atoms in total. The maximum Gasteiger partial charge on any atom is 0.264 e. The fourth-order valence-corrected chi connectivity index (χ4v) is 4.56. The van der Waals surface area contributed by atoms with Gasteiger partial charge in [-0.3, -0.25) is 9.20 Å². The standard InChI is InChI=1S/C18H17N3O2S2/c1-3-20(11-12-4-6-13(23-2)7-5-12)17(22)15-10-14-16(25-15)19-18-21(14)8-9-24-18/h4-10H,3,11H2,1-2H3. The highest BCUT2D eigenvalue weighted by atomic mass is 32.1. The molecule has 0 aliphatic rings. The lowest BCUT2D eigenvalue weighted by atomic mass is 10.2. The summed E-state index contributed by atoms with van der Waals surface area (Å²) in [6.45, 7) is 3.23. The summed E-state index contributed by atoms with van der Waals surface area (Å²) in [6, 6.07) is 9.77. The van der Waals surface area contributed by atoms with Crippen LogP contribution in [0.25, 0.3) is 15.3 Å². The maximum absolute atomic E-state index is 12.9. The molecule has 0 saturated carbocycles. The summed E-state index contributed by atoms with van der Waals surface area (Å²) < 4.78 is 7.22. The van der Waals surface area contributed by atoms with Gasteiger partial charge in [-0.2, -0.15) is 0 Å². The molecule has 4 rings (SSSR count). The molecule has 3 aromatic heterocycles. The first-order valence-electron chi connectivity index (χ1n) is 7.97. The Labute approximate surface area is 153 Å². The van der Waals surface area contributed by atoms with Crippen LogP contribution in [0, 0.1) is 0 Å². The fraction of sp³-hybridized carbons (Fsp3) is 0.222. The fourth-order valence-electron chi connectivity index (χ4n) is 2.79. The molecule has 7 heteroatoms. The maximum atomic E-state index is 12.9. The SMILES string of the molecule is CCN(Cc1ccc(OC)cc1)C(=O)c1cc2c(nc3sccn32)s1. The number of rotatable bonds is 5. The minimum atomic E-state index is 0.0466. The average Bonchev–Trinajstić information content (AvgIpc) is 3.31. The Morgan fingerprint density at radius 1 is 1.32 bits per heavy atom. The normalized spacial score (nSPS) is 11.3. The molecule has 25 heavy (non-hydrogen) atoms. The van der Waals surface area contributed by atoms with Gasteiger partial charge in [0.1, 0.15) is 10.6 Å². The molecule has 0 bridgehead atoms. The number of benzene rings is 1. The lowest BCUT2D eigenvalue weighted by molar-refractivity contribution is 0.0757. The zero-order valence-corrected chi connectivity index (χ0v) is 15.6. The lowest BCUT2D eigenvalue weighted by Crippen LogP contribution is -2.29. The van der Waals surface area contributed by atoms with Crippen LogP contribution < -0.4 is 4.74 Å². The van der Waals surface area contributed by atoms with Gasteiger partial charge in [0, 0.05) is 24.7 Å². The highest BCUT2D eigenvalue weighted by Gasteiger charge is 2.19. The number of amides is 1. The number of fused-ring (bicyclic) bond motifs is 3. The van der Waals surface area contributed by atoms with Crippen LogP contribution in [0.2, 0.25) is 0 Å². The number of hydrogen-bond donors (Lipinski definition) is 0. The average molecular weight is 371 g/mol. The Kier molecular flexibility index (Phi) is 4.19. The molecule has 1 amide bonds. The molecule has 3 heterocycles. The minimum absolute atomic E-state index is 0.0466. The molecule has 0 atom stereocenters. The molecular formula is C18H17N3O2S2.